The number of aromatic nitrogens is 2. The lowest BCUT2D eigenvalue weighted by Gasteiger charge is -2.24. The second-order valence-corrected chi connectivity index (χ2v) is 10.4. The van der Waals surface area contributed by atoms with Gasteiger partial charge in [0.05, 0.1) is 11.6 Å². The summed E-state index contributed by atoms with van der Waals surface area (Å²) in [6, 6.07) is 6.62. The summed E-state index contributed by atoms with van der Waals surface area (Å²) in [5.41, 5.74) is 6.11. The number of carbonyl (C=O) groups excluding carboxylic acids is 3. The van der Waals surface area contributed by atoms with E-state index in [1.807, 2.05) is 20.8 Å². The van der Waals surface area contributed by atoms with Crippen LogP contribution in [-0.4, -0.2) is 57.9 Å². The number of nitrogens with two attached hydrogens (primary N) is 1. The van der Waals surface area contributed by atoms with Crippen molar-refractivity contribution in [1.82, 2.24) is 19.8 Å². The third-order valence-electron chi connectivity index (χ3n) is 6.24. The molecule has 0 bridgehead atoms. The summed E-state index contributed by atoms with van der Waals surface area (Å²) in [7, 11) is 3.31. The number of amides is 2. The van der Waals surface area contributed by atoms with E-state index in [1.54, 1.807) is 38.4 Å². The topological polar surface area (TPSA) is 157 Å². The third-order valence-corrected chi connectivity index (χ3v) is 6.24. The molecule has 222 valence electrons. The molecule has 3 rings (SSSR count). The highest BCUT2D eigenvalue weighted by Gasteiger charge is 2.29. The fourth-order valence-electron chi connectivity index (χ4n) is 3.63. The van der Waals surface area contributed by atoms with E-state index in [-0.39, 0.29) is 17.8 Å². The third kappa shape index (κ3) is 10.8. The van der Waals surface area contributed by atoms with Gasteiger partial charge in [-0.15, -0.1) is 0 Å². The van der Waals surface area contributed by atoms with Crippen molar-refractivity contribution in [2.45, 2.75) is 91.0 Å². The van der Waals surface area contributed by atoms with Crippen LogP contribution < -0.4 is 16.6 Å². The highest BCUT2D eigenvalue weighted by molar-refractivity contribution is 5.94. The average Bonchev–Trinajstić information content (AvgIpc) is 3.15. The predicted molar refractivity (Wildman–Crippen MR) is 155 cm³/mol. The number of rotatable bonds is 8. The van der Waals surface area contributed by atoms with Crippen molar-refractivity contribution >= 4 is 24.3 Å². The number of nitrogens with zero attached hydrogens (tertiary/aromatic N) is 3. The maximum Gasteiger partial charge on any atom is 0.296 e. The van der Waals surface area contributed by atoms with Gasteiger partial charge in [0.1, 0.15) is 12.1 Å². The summed E-state index contributed by atoms with van der Waals surface area (Å²) < 4.78 is 6.28. The van der Waals surface area contributed by atoms with Crippen LogP contribution in [0.5, 0.6) is 5.75 Å². The molecule has 0 saturated carbocycles. The van der Waals surface area contributed by atoms with Crippen LogP contribution in [0.15, 0.2) is 29.1 Å². The summed E-state index contributed by atoms with van der Waals surface area (Å²) in [5, 5.41) is 12.9. The Labute approximate surface area is 236 Å². The number of benzene rings is 1. The number of nitrogen functional groups attached to an aromatic ring is 1. The van der Waals surface area contributed by atoms with Crippen molar-refractivity contribution in [3.8, 4) is 5.75 Å². The molecular weight excluding hydrogens is 514 g/mol. The zero-order chi connectivity index (χ0) is 30.3. The first-order valence-electron chi connectivity index (χ1n) is 13.5. The number of anilines is 1. The molecule has 1 unspecified atom stereocenters. The minimum Gasteiger partial charge on any atom is -0.501 e. The molecule has 11 heteroatoms. The van der Waals surface area contributed by atoms with Crippen molar-refractivity contribution in [3.63, 3.8) is 0 Å². The monoisotopic (exact) mass is 559 g/mol. The average molecular weight is 560 g/mol. The molecule has 4 N–H and O–H groups in total. The van der Waals surface area contributed by atoms with Crippen molar-refractivity contribution in [2.24, 2.45) is 0 Å². The first-order chi connectivity index (χ1) is 18.9. The number of fused-ring (bicyclic) bond motifs is 1. The molecule has 2 aromatic rings. The number of hydrogen-bond acceptors (Lipinski definition) is 8. The van der Waals surface area contributed by atoms with Crippen LogP contribution in [0.2, 0.25) is 0 Å². The van der Waals surface area contributed by atoms with Gasteiger partial charge >= 0.3 is 0 Å². The molecule has 1 aromatic carbocycles. The quantitative estimate of drug-likeness (QED) is 0.252. The normalized spacial score (nSPS) is 14.2. The minimum absolute atomic E-state index is 0.0417. The summed E-state index contributed by atoms with van der Waals surface area (Å²) in [6.07, 6.45) is 6.66. The largest absolute Gasteiger partial charge is 0.501 e. The van der Waals surface area contributed by atoms with E-state index in [1.165, 1.54) is 9.47 Å². The summed E-state index contributed by atoms with van der Waals surface area (Å²) in [5.74, 6) is -1.08. The van der Waals surface area contributed by atoms with E-state index in [0.717, 1.165) is 38.4 Å². The van der Waals surface area contributed by atoms with E-state index in [0.29, 0.717) is 36.5 Å². The number of aromatic hydroxyl groups is 1. The molecular formula is C29H45N5O6. The number of nitrogens with one attached hydrogen (secondary N) is 1. The van der Waals surface area contributed by atoms with Gasteiger partial charge in [0.2, 0.25) is 12.2 Å². The number of ether oxygens (including phenoxy) is 1. The molecule has 0 radical (unpaired) electrons. The second-order valence-electron chi connectivity index (χ2n) is 10.4. The molecule has 1 atom stereocenters. The summed E-state index contributed by atoms with van der Waals surface area (Å²) >= 11 is 0. The van der Waals surface area contributed by atoms with Crippen LogP contribution in [0.25, 0.3) is 0 Å². The van der Waals surface area contributed by atoms with Crippen molar-refractivity contribution < 1.29 is 24.2 Å². The maximum absolute atomic E-state index is 12.6. The highest BCUT2D eigenvalue weighted by Crippen LogP contribution is 2.27. The molecule has 1 aliphatic rings. The number of carbonyl (C=O) groups is 3. The van der Waals surface area contributed by atoms with Crippen molar-refractivity contribution in [2.75, 3.05) is 19.9 Å². The lowest BCUT2D eigenvalue weighted by atomic mass is 10.1. The first kappa shape index (κ1) is 34.3. The molecule has 1 aromatic heterocycles. The van der Waals surface area contributed by atoms with Gasteiger partial charge < -0.3 is 30.6 Å². The van der Waals surface area contributed by atoms with Gasteiger partial charge in [0.25, 0.3) is 11.5 Å². The number of para-hydroxylation sites is 1. The molecule has 1 aliphatic heterocycles. The zero-order valence-corrected chi connectivity index (χ0v) is 24.6. The van der Waals surface area contributed by atoms with Crippen LogP contribution in [-0.2, 0) is 27.4 Å². The van der Waals surface area contributed by atoms with Gasteiger partial charge in [-0.2, -0.15) is 0 Å². The number of aldehydes is 1. The van der Waals surface area contributed by atoms with E-state index in [4.69, 9.17) is 10.5 Å². The van der Waals surface area contributed by atoms with Gasteiger partial charge in [-0.1, -0.05) is 31.5 Å². The fourth-order valence-corrected chi connectivity index (χ4v) is 3.63. The van der Waals surface area contributed by atoms with Gasteiger partial charge in [0.15, 0.2) is 5.69 Å². The summed E-state index contributed by atoms with van der Waals surface area (Å²) in [6.45, 7) is 8.64. The lowest BCUT2D eigenvalue weighted by molar-refractivity contribution is -0.119. The molecule has 40 heavy (non-hydrogen) atoms. The first-order valence-corrected chi connectivity index (χ1v) is 13.5. The maximum atomic E-state index is 12.6. The van der Waals surface area contributed by atoms with Crippen molar-refractivity contribution in [3.05, 3.63) is 51.7 Å². The van der Waals surface area contributed by atoms with Gasteiger partial charge in [-0.3, -0.25) is 19.0 Å². The summed E-state index contributed by atoms with van der Waals surface area (Å²) in [4.78, 5) is 51.8. The Morgan fingerprint density at radius 3 is 2.45 bits per heavy atom. The van der Waals surface area contributed by atoms with Crippen molar-refractivity contribution in [1.29, 1.82) is 0 Å². The number of hydrogen-bond donors (Lipinski definition) is 3. The van der Waals surface area contributed by atoms with Crippen LogP contribution in [0.3, 0.4) is 0 Å². The van der Waals surface area contributed by atoms with Crippen LogP contribution in [0.1, 0.15) is 94.1 Å². The molecule has 2 heterocycles. The van der Waals surface area contributed by atoms with E-state index >= 15 is 0 Å². The molecule has 0 fully saturated rings. The van der Waals surface area contributed by atoms with E-state index in [9.17, 15) is 24.3 Å². The Bertz CT molecular complexity index is 1160. The molecule has 0 aliphatic carbocycles. The van der Waals surface area contributed by atoms with Gasteiger partial charge in [-0.05, 0) is 58.1 Å². The Morgan fingerprint density at radius 1 is 1.27 bits per heavy atom. The Kier molecular flexibility index (Phi) is 14.6. The SMILES string of the molecule is CCCCC=O.CN(C=O)C1CCCCn2c1nc(C(=O)NCc1ccccc1N)c(O)c2=O.COC(C)(C)C. The standard InChI is InChI=1S/C19H23N5O4.C5H12O.C5H10O/c1-23(11-25)14-8-4-5-9-24-17(14)22-15(16(26)19(24)28)18(27)21-10-12-6-2-3-7-13(12)20;1-5(2,3)6-4;1-2-3-4-5-6/h2-3,6-7,11,14,26H,4-5,8-10,20H2,1H3,(H,21,27);1-4H3;5H,2-4H2,1H3. The minimum atomic E-state index is -0.698. The number of unbranched alkanes of at least 4 members (excludes halogenated alkanes) is 2. The Morgan fingerprint density at radius 2 is 1.93 bits per heavy atom. The van der Waals surface area contributed by atoms with Gasteiger partial charge in [-0.25, -0.2) is 4.98 Å². The molecule has 11 nitrogen and oxygen atoms in total. The second kappa shape index (κ2) is 17.1. The van der Waals surface area contributed by atoms with Gasteiger partial charge in [0, 0.05) is 39.4 Å². The fraction of sp³-hybridized carbons (Fsp3) is 0.552. The van der Waals surface area contributed by atoms with Crippen LogP contribution in [0.4, 0.5) is 5.69 Å². The van der Waals surface area contributed by atoms with E-state index in [2.05, 4.69) is 17.2 Å². The molecule has 2 amide bonds. The zero-order valence-electron chi connectivity index (χ0n) is 24.6. The predicted octanol–water partition coefficient (Wildman–Crippen LogP) is 3.58. The van der Waals surface area contributed by atoms with Crippen LogP contribution in [0, 0.1) is 0 Å². The Hall–Kier alpha value is -3.73. The molecule has 0 saturated heterocycles. The lowest BCUT2D eigenvalue weighted by Crippen LogP contribution is -2.34. The highest BCUT2D eigenvalue weighted by atomic mass is 16.5. The Balaban J connectivity index is 0.000000559. The van der Waals surface area contributed by atoms with Crippen LogP contribution >= 0.6 is 0 Å². The smallest absolute Gasteiger partial charge is 0.296 e. The molecule has 0 spiro atoms. The number of methoxy groups -OCH3 is 1. The van der Waals surface area contributed by atoms with E-state index < -0.39 is 23.3 Å².